The summed E-state index contributed by atoms with van der Waals surface area (Å²) in [6.07, 6.45) is 8.32. The third kappa shape index (κ3) is 5.42. The highest BCUT2D eigenvalue weighted by Gasteiger charge is 2.23. The molecule has 1 aromatic heterocycles. The smallest absolute Gasteiger partial charge is 0.292 e. The first-order valence-electron chi connectivity index (χ1n) is 11.4. The second kappa shape index (κ2) is 10.1. The van der Waals surface area contributed by atoms with E-state index in [0.29, 0.717) is 31.5 Å². The van der Waals surface area contributed by atoms with Crippen LogP contribution in [0.5, 0.6) is 5.75 Å². The Balaban J connectivity index is 1.48. The number of ether oxygens (including phenoxy) is 1. The number of fused-ring (bicyclic) bond motifs is 3. The van der Waals surface area contributed by atoms with Crippen LogP contribution in [-0.2, 0) is 6.42 Å². The van der Waals surface area contributed by atoms with Crippen molar-refractivity contribution in [3.05, 3.63) is 47.3 Å². The average Bonchev–Trinajstić information content (AvgIpc) is 3.20. The van der Waals surface area contributed by atoms with Crippen LogP contribution in [0.25, 0.3) is 0 Å². The van der Waals surface area contributed by atoms with Gasteiger partial charge in [-0.05, 0) is 76.2 Å². The van der Waals surface area contributed by atoms with E-state index in [1.807, 2.05) is 17.9 Å². The molecule has 6 nitrogen and oxygen atoms in total. The molecule has 0 N–H and O–H groups in total. The van der Waals surface area contributed by atoms with Crippen molar-refractivity contribution in [2.75, 3.05) is 32.8 Å². The second-order valence-corrected chi connectivity index (χ2v) is 8.55. The largest absolute Gasteiger partial charge is 0.492 e. The number of hydrogen-bond donors (Lipinski definition) is 0. The molecule has 1 unspecified atom stereocenters. The van der Waals surface area contributed by atoms with Gasteiger partial charge in [-0.15, -0.1) is 0 Å². The topological polar surface area (TPSA) is 58.8 Å². The van der Waals surface area contributed by atoms with Crippen LogP contribution in [0.2, 0.25) is 0 Å². The van der Waals surface area contributed by atoms with Gasteiger partial charge in [-0.3, -0.25) is 4.79 Å². The molecule has 2 bridgehead atoms. The highest BCUT2D eigenvalue weighted by Crippen LogP contribution is 2.23. The lowest BCUT2D eigenvalue weighted by Gasteiger charge is -2.36. The third-order valence-electron chi connectivity index (χ3n) is 6.29. The molecule has 30 heavy (non-hydrogen) atoms. The Labute approximate surface area is 179 Å². The van der Waals surface area contributed by atoms with Crippen LogP contribution in [0.15, 0.2) is 34.9 Å². The maximum atomic E-state index is 12.9. The minimum Gasteiger partial charge on any atom is -0.492 e. The number of hydrogen-bond acceptors (Lipinski definition) is 5. The molecule has 0 spiro atoms. The Hall–Kier alpha value is -2.34. The molecular formula is C24H33N3O3. The van der Waals surface area contributed by atoms with Crippen molar-refractivity contribution in [3.8, 4) is 5.75 Å². The van der Waals surface area contributed by atoms with Crippen molar-refractivity contribution in [2.24, 2.45) is 0 Å². The van der Waals surface area contributed by atoms with Crippen molar-refractivity contribution in [2.45, 2.75) is 57.9 Å². The predicted octanol–water partition coefficient (Wildman–Crippen LogP) is 4.09. The molecule has 3 heterocycles. The molecule has 1 atom stereocenters. The van der Waals surface area contributed by atoms with E-state index in [2.05, 4.69) is 28.3 Å². The summed E-state index contributed by atoms with van der Waals surface area (Å²) in [4.78, 5) is 17.5. The number of amides is 1. The molecule has 1 fully saturated rings. The molecule has 0 aliphatic carbocycles. The zero-order valence-electron chi connectivity index (χ0n) is 18.0. The minimum absolute atomic E-state index is 0.104. The SMILES string of the molecule is Cc1cc(C(=O)N2CCCCN3CCCCC3CCc3cccc(c3)OCC2)on1. The molecule has 6 heteroatoms. The minimum atomic E-state index is -0.104. The van der Waals surface area contributed by atoms with E-state index in [1.54, 1.807) is 6.07 Å². The van der Waals surface area contributed by atoms with Crippen molar-refractivity contribution >= 4 is 5.91 Å². The van der Waals surface area contributed by atoms with E-state index < -0.39 is 0 Å². The van der Waals surface area contributed by atoms with Gasteiger partial charge in [0.2, 0.25) is 5.76 Å². The summed E-state index contributed by atoms with van der Waals surface area (Å²) in [5, 5.41) is 3.87. The number of rotatable bonds is 1. The second-order valence-electron chi connectivity index (χ2n) is 8.55. The van der Waals surface area contributed by atoms with E-state index in [4.69, 9.17) is 9.26 Å². The number of nitrogens with zero attached hydrogens (tertiary/aromatic N) is 3. The number of aromatic nitrogens is 1. The molecule has 0 saturated carbocycles. The lowest BCUT2D eigenvalue weighted by atomic mass is 9.95. The number of aryl methyl sites for hydroxylation is 2. The predicted molar refractivity (Wildman–Crippen MR) is 116 cm³/mol. The lowest BCUT2D eigenvalue weighted by molar-refractivity contribution is 0.0680. The summed E-state index contributed by atoms with van der Waals surface area (Å²) in [6, 6.07) is 10.8. The van der Waals surface area contributed by atoms with Crippen molar-refractivity contribution < 1.29 is 14.1 Å². The fourth-order valence-electron chi connectivity index (χ4n) is 4.63. The first kappa shape index (κ1) is 20.9. The Kier molecular flexibility index (Phi) is 7.05. The molecule has 2 aliphatic heterocycles. The average molecular weight is 412 g/mol. The van der Waals surface area contributed by atoms with E-state index in [1.165, 1.54) is 37.8 Å². The Morgan fingerprint density at radius 2 is 1.87 bits per heavy atom. The standard InChI is InChI=1S/C24H33N3O3/c1-19-17-23(30-25-19)24(28)27-14-5-4-13-26-12-3-2-8-21(26)11-10-20-7-6-9-22(18-20)29-16-15-27/h6-7,9,17-18,21H,2-5,8,10-16H2,1H3. The summed E-state index contributed by atoms with van der Waals surface area (Å²) in [5.41, 5.74) is 2.05. The Bertz CT molecular complexity index is 835. The van der Waals surface area contributed by atoms with E-state index >= 15 is 0 Å². The first-order valence-corrected chi connectivity index (χ1v) is 11.4. The molecule has 2 aromatic rings. The molecule has 2 aliphatic rings. The van der Waals surface area contributed by atoms with Gasteiger partial charge >= 0.3 is 0 Å². The van der Waals surface area contributed by atoms with Crippen molar-refractivity contribution in [1.82, 2.24) is 15.0 Å². The van der Waals surface area contributed by atoms with Crippen LogP contribution in [0.4, 0.5) is 0 Å². The van der Waals surface area contributed by atoms with Gasteiger partial charge in [0.05, 0.1) is 12.2 Å². The fourth-order valence-corrected chi connectivity index (χ4v) is 4.63. The molecule has 1 saturated heterocycles. The number of carbonyl (C=O) groups is 1. The fraction of sp³-hybridized carbons (Fsp3) is 0.583. The molecule has 1 amide bonds. The number of benzene rings is 1. The third-order valence-corrected chi connectivity index (χ3v) is 6.29. The van der Waals surface area contributed by atoms with Crippen molar-refractivity contribution in [1.29, 1.82) is 0 Å². The monoisotopic (exact) mass is 411 g/mol. The summed E-state index contributed by atoms with van der Waals surface area (Å²) >= 11 is 0. The van der Waals surface area contributed by atoms with Gasteiger partial charge in [0, 0.05) is 18.7 Å². The molecule has 0 radical (unpaired) electrons. The maximum absolute atomic E-state index is 12.9. The molecule has 1 aromatic carbocycles. The Morgan fingerprint density at radius 1 is 1.03 bits per heavy atom. The van der Waals surface area contributed by atoms with Gasteiger partial charge in [0.25, 0.3) is 5.91 Å². The van der Waals surface area contributed by atoms with Crippen LogP contribution in [-0.4, -0.2) is 59.7 Å². The summed E-state index contributed by atoms with van der Waals surface area (Å²) in [6.45, 7) is 5.86. The van der Waals surface area contributed by atoms with Crippen LogP contribution in [0, 0.1) is 6.92 Å². The van der Waals surface area contributed by atoms with Crippen LogP contribution in [0.3, 0.4) is 0 Å². The number of piperidine rings is 1. The van der Waals surface area contributed by atoms with Gasteiger partial charge in [-0.2, -0.15) is 0 Å². The van der Waals surface area contributed by atoms with E-state index in [0.717, 1.165) is 37.3 Å². The quantitative estimate of drug-likeness (QED) is 0.708. The summed E-state index contributed by atoms with van der Waals surface area (Å²) < 4.78 is 11.2. The van der Waals surface area contributed by atoms with Crippen LogP contribution in [0.1, 0.15) is 60.3 Å². The normalized spacial score (nSPS) is 21.8. The lowest BCUT2D eigenvalue weighted by Crippen LogP contribution is -2.40. The van der Waals surface area contributed by atoms with Gasteiger partial charge < -0.3 is 19.1 Å². The van der Waals surface area contributed by atoms with E-state index in [9.17, 15) is 4.79 Å². The summed E-state index contributed by atoms with van der Waals surface area (Å²) in [5.74, 6) is 1.09. The number of carbonyl (C=O) groups excluding carboxylic acids is 1. The zero-order chi connectivity index (χ0) is 20.8. The maximum Gasteiger partial charge on any atom is 0.292 e. The first-order chi connectivity index (χ1) is 14.7. The van der Waals surface area contributed by atoms with Crippen molar-refractivity contribution in [3.63, 3.8) is 0 Å². The Morgan fingerprint density at radius 3 is 2.70 bits per heavy atom. The zero-order valence-corrected chi connectivity index (χ0v) is 18.0. The van der Waals surface area contributed by atoms with Gasteiger partial charge in [0.15, 0.2) is 0 Å². The van der Waals surface area contributed by atoms with Gasteiger partial charge in [0.1, 0.15) is 12.4 Å². The van der Waals surface area contributed by atoms with Gasteiger partial charge in [-0.25, -0.2) is 0 Å². The molecule has 162 valence electrons. The molecular weight excluding hydrogens is 378 g/mol. The van der Waals surface area contributed by atoms with Crippen LogP contribution >= 0.6 is 0 Å². The highest BCUT2D eigenvalue weighted by molar-refractivity contribution is 5.91. The van der Waals surface area contributed by atoms with Gasteiger partial charge in [-0.1, -0.05) is 23.7 Å². The summed E-state index contributed by atoms with van der Waals surface area (Å²) in [7, 11) is 0. The van der Waals surface area contributed by atoms with Crippen LogP contribution < -0.4 is 4.74 Å². The molecule has 4 rings (SSSR count). The van der Waals surface area contributed by atoms with E-state index in [-0.39, 0.29) is 5.91 Å². The highest BCUT2D eigenvalue weighted by atomic mass is 16.5.